The molecule has 2 rings (SSSR count). The molecular weight excluding hydrogens is 252 g/mol. The van der Waals surface area contributed by atoms with Crippen LogP contribution in [-0.4, -0.2) is 17.7 Å². The van der Waals surface area contributed by atoms with Crippen LogP contribution in [0.1, 0.15) is 49.8 Å². The number of nitrogens with one attached hydrogen (secondary N) is 2. The smallest absolute Gasteiger partial charge is 0.315 e. The molecule has 0 spiro atoms. The monoisotopic (exact) mass is 276 g/mol. The summed E-state index contributed by atoms with van der Waals surface area (Å²) in [5.74, 6) is 0.658. The molecule has 0 saturated heterocycles. The topological polar surface area (TPSA) is 61.4 Å². The fourth-order valence-electron chi connectivity index (χ4n) is 2.61. The van der Waals surface area contributed by atoms with Crippen molar-refractivity contribution in [2.75, 3.05) is 6.54 Å². The Morgan fingerprint density at radius 1 is 1.25 bits per heavy atom. The molecule has 0 heterocycles. The lowest BCUT2D eigenvalue weighted by Gasteiger charge is -2.12. The zero-order valence-corrected chi connectivity index (χ0v) is 12.1. The van der Waals surface area contributed by atoms with Crippen molar-refractivity contribution in [1.29, 1.82) is 0 Å². The number of hydrogen-bond donors (Lipinski definition) is 3. The zero-order chi connectivity index (χ0) is 14.4. The van der Waals surface area contributed by atoms with Crippen molar-refractivity contribution in [3.8, 4) is 0 Å². The maximum Gasteiger partial charge on any atom is 0.315 e. The summed E-state index contributed by atoms with van der Waals surface area (Å²) in [4.78, 5) is 11.7. The van der Waals surface area contributed by atoms with Crippen LogP contribution in [0.4, 0.5) is 4.79 Å². The third-order valence-corrected chi connectivity index (χ3v) is 3.94. The van der Waals surface area contributed by atoms with E-state index < -0.39 is 6.10 Å². The van der Waals surface area contributed by atoms with Gasteiger partial charge in [-0.3, -0.25) is 0 Å². The lowest BCUT2D eigenvalue weighted by molar-refractivity contribution is 0.199. The first-order chi connectivity index (χ1) is 9.65. The lowest BCUT2D eigenvalue weighted by atomic mass is 10.1. The number of rotatable bonds is 5. The summed E-state index contributed by atoms with van der Waals surface area (Å²) < 4.78 is 0. The molecule has 2 amide bonds. The van der Waals surface area contributed by atoms with Crippen LogP contribution in [0.15, 0.2) is 24.3 Å². The molecule has 1 aromatic rings. The van der Waals surface area contributed by atoms with E-state index in [2.05, 4.69) is 10.6 Å². The second-order valence-electron chi connectivity index (χ2n) is 5.63. The number of carbonyl (C=O) groups excluding carboxylic acids is 1. The van der Waals surface area contributed by atoms with Crippen LogP contribution in [0.2, 0.25) is 0 Å². The molecule has 1 aliphatic rings. The number of carbonyl (C=O) groups is 1. The van der Waals surface area contributed by atoms with E-state index in [1.807, 2.05) is 24.3 Å². The minimum absolute atomic E-state index is 0.100. The summed E-state index contributed by atoms with van der Waals surface area (Å²) in [5, 5.41) is 15.2. The molecule has 1 fully saturated rings. The van der Waals surface area contributed by atoms with Crippen molar-refractivity contribution >= 4 is 6.03 Å². The van der Waals surface area contributed by atoms with E-state index in [1.54, 1.807) is 6.92 Å². The molecule has 1 atom stereocenters. The first-order valence-corrected chi connectivity index (χ1v) is 7.44. The van der Waals surface area contributed by atoms with Crippen molar-refractivity contribution in [3.05, 3.63) is 35.4 Å². The van der Waals surface area contributed by atoms with E-state index >= 15 is 0 Å². The van der Waals surface area contributed by atoms with Gasteiger partial charge in [-0.15, -0.1) is 0 Å². The van der Waals surface area contributed by atoms with E-state index in [9.17, 15) is 9.90 Å². The van der Waals surface area contributed by atoms with Gasteiger partial charge in [-0.25, -0.2) is 4.79 Å². The number of hydrogen-bond acceptors (Lipinski definition) is 2. The Balaban J connectivity index is 1.69. The summed E-state index contributed by atoms with van der Waals surface area (Å²) >= 11 is 0. The maximum absolute atomic E-state index is 11.7. The molecule has 1 aromatic carbocycles. The van der Waals surface area contributed by atoms with Gasteiger partial charge >= 0.3 is 6.03 Å². The Bertz CT molecular complexity index is 423. The molecule has 0 aromatic heterocycles. The molecule has 0 bridgehead atoms. The maximum atomic E-state index is 11.7. The SMILES string of the molecule is CC(O)c1ccc(CNC(=O)NCC2CCCC2)cc1. The highest BCUT2D eigenvalue weighted by Gasteiger charge is 2.15. The minimum Gasteiger partial charge on any atom is -0.389 e. The molecule has 20 heavy (non-hydrogen) atoms. The first-order valence-electron chi connectivity index (χ1n) is 7.44. The van der Waals surface area contributed by atoms with Crippen molar-refractivity contribution < 1.29 is 9.90 Å². The molecule has 1 saturated carbocycles. The van der Waals surface area contributed by atoms with Gasteiger partial charge in [0.15, 0.2) is 0 Å². The Morgan fingerprint density at radius 3 is 2.50 bits per heavy atom. The lowest BCUT2D eigenvalue weighted by Crippen LogP contribution is -2.37. The van der Waals surface area contributed by atoms with Crippen molar-refractivity contribution in [2.45, 2.75) is 45.3 Å². The predicted octanol–water partition coefficient (Wildman–Crippen LogP) is 2.73. The number of benzene rings is 1. The van der Waals surface area contributed by atoms with E-state index in [-0.39, 0.29) is 6.03 Å². The van der Waals surface area contributed by atoms with Crippen LogP contribution in [0, 0.1) is 5.92 Å². The van der Waals surface area contributed by atoms with E-state index in [0.717, 1.165) is 17.7 Å². The Hall–Kier alpha value is -1.55. The Labute approximate surface area is 120 Å². The number of aliphatic hydroxyl groups excluding tert-OH is 1. The average Bonchev–Trinajstić information content (AvgIpc) is 2.96. The molecule has 1 aliphatic carbocycles. The molecule has 1 unspecified atom stereocenters. The van der Waals surface area contributed by atoms with Gasteiger partial charge < -0.3 is 15.7 Å². The van der Waals surface area contributed by atoms with Crippen molar-refractivity contribution in [2.24, 2.45) is 5.92 Å². The third-order valence-electron chi connectivity index (χ3n) is 3.94. The number of urea groups is 1. The Morgan fingerprint density at radius 2 is 1.90 bits per heavy atom. The molecule has 0 aliphatic heterocycles. The van der Waals surface area contributed by atoms with Crippen LogP contribution < -0.4 is 10.6 Å². The zero-order valence-electron chi connectivity index (χ0n) is 12.1. The molecule has 3 N–H and O–H groups in total. The van der Waals surface area contributed by atoms with Crippen LogP contribution in [-0.2, 0) is 6.54 Å². The average molecular weight is 276 g/mol. The van der Waals surface area contributed by atoms with Gasteiger partial charge in [0.05, 0.1) is 6.10 Å². The van der Waals surface area contributed by atoms with Crippen LogP contribution in [0.3, 0.4) is 0 Å². The van der Waals surface area contributed by atoms with Gasteiger partial charge in [0.1, 0.15) is 0 Å². The van der Waals surface area contributed by atoms with E-state index in [4.69, 9.17) is 0 Å². The quantitative estimate of drug-likeness (QED) is 0.774. The highest BCUT2D eigenvalue weighted by molar-refractivity contribution is 5.73. The van der Waals surface area contributed by atoms with Gasteiger partial charge in [-0.05, 0) is 36.8 Å². The molecule has 4 nitrogen and oxygen atoms in total. The second kappa shape index (κ2) is 7.29. The number of aliphatic hydroxyl groups is 1. The predicted molar refractivity (Wildman–Crippen MR) is 79.3 cm³/mol. The van der Waals surface area contributed by atoms with Gasteiger partial charge in [-0.2, -0.15) is 0 Å². The van der Waals surface area contributed by atoms with Gasteiger partial charge in [-0.1, -0.05) is 37.1 Å². The Kier molecular flexibility index (Phi) is 5.41. The molecular formula is C16H24N2O2. The fourth-order valence-corrected chi connectivity index (χ4v) is 2.61. The molecule has 110 valence electrons. The summed E-state index contributed by atoms with van der Waals surface area (Å²) in [6.45, 7) is 3.03. The van der Waals surface area contributed by atoms with Gasteiger partial charge in [0.2, 0.25) is 0 Å². The summed E-state index contributed by atoms with van der Waals surface area (Å²) in [6, 6.07) is 7.53. The van der Waals surface area contributed by atoms with E-state index in [0.29, 0.717) is 12.5 Å². The normalized spacial score (nSPS) is 16.9. The molecule has 4 heteroatoms. The van der Waals surface area contributed by atoms with Crippen LogP contribution in [0.25, 0.3) is 0 Å². The summed E-state index contributed by atoms with van der Waals surface area (Å²) in [7, 11) is 0. The molecule has 0 radical (unpaired) electrons. The van der Waals surface area contributed by atoms with Crippen LogP contribution >= 0.6 is 0 Å². The van der Waals surface area contributed by atoms with Gasteiger partial charge in [0.25, 0.3) is 0 Å². The van der Waals surface area contributed by atoms with Gasteiger partial charge in [0, 0.05) is 13.1 Å². The minimum atomic E-state index is -0.452. The second-order valence-corrected chi connectivity index (χ2v) is 5.63. The summed E-state index contributed by atoms with van der Waals surface area (Å²) in [6.07, 6.45) is 4.61. The largest absolute Gasteiger partial charge is 0.389 e. The standard InChI is InChI=1S/C16H24N2O2/c1-12(19)15-8-6-14(7-9-15)11-18-16(20)17-10-13-4-2-3-5-13/h6-9,12-13,19H,2-5,10-11H2,1H3,(H2,17,18,20). The first kappa shape index (κ1) is 14.9. The number of amides is 2. The highest BCUT2D eigenvalue weighted by Crippen LogP contribution is 2.23. The summed E-state index contributed by atoms with van der Waals surface area (Å²) in [5.41, 5.74) is 1.92. The third kappa shape index (κ3) is 4.53. The van der Waals surface area contributed by atoms with E-state index in [1.165, 1.54) is 25.7 Å². The van der Waals surface area contributed by atoms with Crippen LogP contribution in [0.5, 0.6) is 0 Å². The highest BCUT2D eigenvalue weighted by atomic mass is 16.3. The fraction of sp³-hybridized carbons (Fsp3) is 0.562. The van der Waals surface area contributed by atoms with Crippen molar-refractivity contribution in [3.63, 3.8) is 0 Å². The van der Waals surface area contributed by atoms with Crippen molar-refractivity contribution in [1.82, 2.24) is 10.6 Å².